The van der Waals surface area contributed by atoms with Gasteiger partial charge >= 0.3 is 16.5 Å². The van der Waals surface area contributed by atoms with Crippen LogP contribution in [0.1, 0.15) is 12.5 Å². The highest BCUT2D eigenvalue weighted by Crippen LogP contribution is 2.45. The van der Waals surface area contributed by atoms with Crippen LogP contribution >= 0.6 is 16.5 Å². The van der Waals surface area contributed by atoms with Crippen LogP contribution in [-0.4, -0.2) is 89.0 Å². The van der Waals surface area contributed by atoms with E-state index < -0.39 is 78.9 Å². The average Bonchev–Trinajstić information content (AvgIpc) is 3.73. The fourth-order valence-corrected chi connectivity index (χ4v) is 6.56. The van der Waals surface area contributed by atoms with Gasteiger partial charge in [-0.1, -0.05) is 0 Å². The highest BCUT2D eigenvalue weighted by atomic mass is 31.1. The molecule has 0 amide bonds. The minimum atomic E-state index is -2.98. The van der Waals surface area contributed by atoms with Crippen LogP contribution in [0.2, 0.25) is 0 Å². The first-order valence-electron chi connectivity index (χ1n) is 12.3. The lowest BCUT2D eigenvalue weighted by Gasteiger charge is -2.15. The molecule has 0 radical (unpaired) electrons. The summed E-state index contributed by atoms with van der Waals surface area (Å²) in [5.41, 5.74) is 12.4. The van der Waals surface area contributed by atoms with Gasteiger partial charge in [-0.2, -0.15) is 0 Å². The van der Waals surface area contributed by atoms with E-state index in [0.717, 1.165) is 0 Å². The molecule has 10 atom stereocenters. The first-order chi connectivity index (χ1) is 20.3. The standard InChI is InChI=1S/C20H20F2N10O8P2/c21-9-13-7(37-19(9)31-5-29-11-15(23)25-3-27-17(11)31)1-35-41(33)40-14-8(2-36-42(34)39-13)38-20(10(14)22)32-6-30-12-16(24)26-4-28-18(12)32/h3-10,13-14,19-20H,1-2H2,(H2,23,25,27)(H2,24,26,28)/q+2/t7-,8-,9-,10-,13-,14-,19-,20-/m1/s1. The number of nitrogens with zero attached hydrogens (tertiary/aromatic N) is 8. The SMILES string of the molecule is Nc1ncnc2c1ncn2[C@@H]1O[C@@H]2CO[P+](=O)O[C@H]3[C@@H](F)[C@H](n4cnc5c(N)ncnc54)O[C@@H]3CO[P+](=O)O[C@H]2[C@H]1F. The summed E-state index contributed by atoms with van der Waals surface area (Å²) in [5, 5.41) is 0. The molecule has 3 saturated heterocycles. The van der Waals surface area contributed by atoms with Gasteiger partial charge in [-0.25, -0.2) is 38.7 Å². The Morgan fingerprint density at radius 3 is 1.57 bits per heavy atom. The van der Waals surface area contributed by atoms with Crippen molar-refractivity contribution in [2.75, 3.05) is 24.7 Å². The average molecular weight is 628 g/mol. The smallest absolute Gasteiger partial charge is 0.382 e. The van der Waals surface area contributed by atoms with E-state index in [1.165, 1.54) is 34.4 Å². The monoisotopic (exact) mass is 628 g/mol. The van der Waals surface area contributed by atoms with Crippen LogP contribution in [0, 0.1) is 0 Å². The highest BCUT2D eigenvalue weighted by Gasteiger charge is 2.57. The third kappa shape index (κ3) is 4.56. The number of ether oxygens (including phenoxy) is 2. The number of alkyl halides is 2. The van der Waals surface area contributed by atoms with E-state index in [-0.39, 0.29) is 34.0 Å². The van der Waals surface area contributed by atoms with E-state index in [4.69, 9.17) is 39.0 Å². The molecule has 22 heteroatoms. The number of fused-ring (bicyclic) bond motifs is 4. The molecule has 3 aliphatic heterocycles. The molecule has 2 unspecified atom stereocenters. The van der Waals surface area contributed by atoms with Crippen LogP contribution in [-0.2, 0) is 36.7 Å². The number of nitrogen functional groups attached to an aromatic ring is 2. The van der Waals surface area contributed by atoms with Crippen LogP contribution in [0.5, 0.6) is 0 Å². The van der Waals surface area contributed by atoms with Gasteiger partial charge in [-0.3, -0.25) is 9.13 Å². The predicted molar refractivity (Wildman–Crippen MR) is 134 cm³/mol. The van der Waals surface area contributed by atoms with Crippen molar-refractivity contribution in [3.63, 3.8) is 0 Å². The lowest BCUT2D eigenvalue weighted by molar-refractivity contribution is -0.0533. The third-order valence-corrected chi connectivity index (χ3v) is 8.51. The van der Waals surface area contributed by atoms with Crippen molar-refractivity contribution in [3.05, 3.63) is 25.3 Å². The molecule has 0 aliphatic carbocycles. The summed E-state index contributed by atoms with van der Waals surface area (Å²) in [5.74, 6) is 0.146. The van der Waals surface area contributed by atoms with Crippen LogP contribution in [0.3, 0.4) is 0 Å². The number of nitrogens with two attached hydrogens (primary N) is 2. The number of imidazole rings is 2. The molecule has 7 rings (SSSR count). The van der Waals surface area contributed by atoms with Crippen LogP contribution in [0.15, 0.2) is 25.3 Å². The quantitative estimate of drug-likeness (QED) is 0.299. The molecule has 0 saturated carbocycles. The number of anilines is 2. The molecule has 0 spiro atoms. The maximum absolute atomic E-state index is 15.7. The zero-order valence-electron chi connectivity index (χ0n) is 21.0. The Hall–Kier alpha value is -3.48. The second-order valence-corrected chi connectivity index (χ2v) is 11.2. The maximum atomic E-state index is 15.7. The van der Waals surface area contributed by atoms with Gasteiger partial charge in [0.25, 0.3) is 0 Å². The lowest BCUT2D eigenvalue weighted by atomic mass is 10.1. The summed E-state index contributed by atoms with van der Waals surface area (Å²) in [4.78, 5) is 24.0. The highest BCUT2D eigenvalue weighted by molar-refractivity contribution is 7.33. The molecule has 7 heterocycles. The summed E-state index contributed by atoms with van der Waals surface area (Å²) in [6, 6.07) is 0. The Morgan fingerprint density at radius 1 is 0.714 bits per heavy atom. The Kier molecular flexibility index (Phi) is 6.94. The van der Waals surface area contributed by atoms with Crippen LogP contribution in [0.4, 0.5) is 20.4 Å². The number of aromatic nitrogens is 8. The summed E-state index contributed by atoms with van der Waals surface area (Å²) < 4.78 is 92.5. The fraction of sp³-hybridized carbons (Fsp3) is 0.500. The zero-order valence-corrected chi connectivity index (χ0v) is 22.8. The van der Waals surface area contributed by atoms with Crippen LogP contribution in [0.25, 0.3) is 22.3 Å². The molecule has 220 valence electrons. The topological polar surface area (TPSA) is 229 Å². The van der Waals surface area contributed by atoms with Crippen molar-refractivity contribution in [1.29, 1.82) is 0 Å². The molecule has 4 aromatic heterocycles. The van der Waals surface area contributed by atoms with E-state index in [9.17, 15) is 9.13 Å². The second-order valence-electron chi connectivity index (χ2n) is 9.36. The first-order valence-corrected chi connectivity index (χ1v) is 14.5. The number of hydrogen-bond acceptors (Lipinski definition) is 16. The van der Waals surface area contributed by atoms with Gasteiger partial charge in [-0.15, -0.1) is 18.1 Å². The molecule has 3 aliphatic rings. The molecule has 4 aromatic rings. The third-order valence-electron chi connectivity index (χ3n) is 6.96. The first kappa shape index (κ1) is 27.4. The largest absolute Gasteiger partial charge is 0.697 e. The number of hydrogen-bond donors (Lipinski definition) is 2. The van der Waals surface area contributed by atoms with Crippen molar-refractivity contribution >= 4 is 50.5 Å². The van der Waals surface area contributed by atoms with Gasteiger partial charge in [0.15, 0.2) is 59.9 Å². The van der Waals surface area contributed by atoms with Gasteiger partial charge in [0.05, 0.1) is 12.7 Å². The van der Waals surface area contributed by atoms with Crippen molar-refractivity contribution in [2.24, 2.45) is 0 Å². The van der Waals surface area contributed by atoms with Gasteiger partial charge < -0.3 is 20.9 Å². The molecule has 4 N–H and O–H groups in total. The Balaban J connectivity index is 1.12. The van der Waals surface area contributed by atoms with Gasteiger partial charge in [0.1, 0.15) is 49.1 Å². The molecule has 18 nitrogen and oxygen atoms in total. The molecule has 42 heavy (non-hydrogen) atoms. The van der Waals surface area contributed by atoms with Crippen molar-refractivity contribution < 1.29 is 45.5 Å². The van der Waals surface area contributed by atoms with Gasteiger partial charge in [0, 0.05) is 9.13 Å². The summed E-state index contributed by atoms with van der Waals surface area (Å²) in [7, 11) is -5.97. The second kappa shape index (κ2) is 10.7. The van der Waals surface area contributed by atoms with E-state index >= 15 is 8.78 Å². The lowest BCUT2D eigenvalue weighted by Crippen LogP contribution is -2.35. The van der Waals surface area contributed by atoms with Gasteiger partial charge in [-0.05, 0) is 0 Å². The Labute approximate surface area is 234 Å². The molecular weight excluding hydrogens is 608 g/mol. The van der Waals surface area contributed by atoms with E-state index in [1.807, 2.05) is 0 Å². The zero-order chi connectivity index (χ0) is 29.1. The molecular formula is C20H20F2N10O8P2+2. The minimum absolute atomic E-state index is 0.0728. The number of halogens is 2. The Morgan fingerprint density at radius 2 is 1.14 bits per heavy atom. The van der Waals surface area contributed by atoms with E-state index in [2.05, 4.69) is 29.9 Å². The minimum Gasteiger partial charge on any atom is -0.382 e. The van der Waals surface area contributed by atoms with Crippen molar-refractivity contribution in [1.82, 2.24) is 39.0 Å². The van der Waals surface area contributed by atoms with Crippen LogP contribution < -0.4 is 11.5 Å². The molecule has 0 bridgehead atoms. The normalized spacial score (nSPS) is 34.2. The van der Waals surface area contributed by atoms with Crippen molar-refractivity contribution in [2.45, 2.75) is 49.2 Å². The maximum Gasteiger partial charge on any atom is 0.697 e. The van der Waals surface area contributed by atoms with E-state index in [0.29, 0.717) is 0 Å². The van der Waals surface area contributed by atoms with Crippen molar-refractivity contribution in [3.8, 4) is 0 Å². The summed E-state index contributed by atoms with van der Waals surface area (Å²) in [6.45, 7) is -1.07. The number of rotatable bonds is 2. The predicted octanol–water partition coefficient (Wildman–Crippen LogP) is 1.43. The summed E-state index contributed by atoms with van der Waals surface area (Å²) >= 11 is 0. The fourth-order valence-electron chi connectivity index (χ4n) is 5.00. The van der Waals surface area contributed by atoms with Gasteiger partial charge in [0.2, 0.25) is 0 Å². The Bertz CT molecular complexity index is 1580. The molecule has 3 fully saturated rings. The molecule has 0 aromatic carbocycles. The summed E-state index contributed by atoms with van der Waals surface area (Å²) in [6.07, 6.45) is -7.21. The van der Waals surface area contributed by atoms with E-state index in [1.54, 1.807) is 0 Å².